The molecule has 3 rings (SSSR count). The molecular formula is C12H10F2N2OS. The van der Waals surface area contributed by atoms with Crippen LogP contribution in [0.5, 0.6) is 0 Å². The van der Waals surface area contributed by atoms with Crippen LogP contribution < -0.4 is 0 Å². The number of aromatic nitrogens is 2. The maximum atomic E-state index is 14.0. The van der Waals surface area contributed by atoms with Gasteiger partial charge in [0.2, 0.25) is 0 Å². The van der Waals surface area contributed by atoms with Gasteiger partial charge in [0.15, 0.2) is 6.29 Å². The van der Waals surface area contributed by atoms with Crippen molar-refractivity contribution in [1.82, 2.24) is 9.78 Å². The Labute approximate surface area is 106 Å². The first-order chi connectivity index (χ1) is 8.53. The molecule has 0 aliphatic carbocycles. The summed E-state index contributed by atoms with van der Waals surface area (Å²) in [5.74, 6) is -2.89. The number of carbonyl (C=O) groups is 1. The van der Waals surface area contributed by atoms with Crippen molar-refractivity contribution in [2.45, 2.75) is 25.8 Å². The van der Waals surface area contributed by atoms with Crippen molar-refractivity contribution >= 4 is 17.6 Å². The molecule has 0 saturated carbocycles. The summed E-state index contributed by atoms with van der Waals surface area (Å²) in [4.78, 5) is 11.1. The molecular weight excluding hydrogens is 258 g/mol. The van der Waals surface area contributed by atoms with Crippen molar-refractivity contribution in [3.8, 4) is 11.3 Å². The van der Waals surface area contributed by atoms with E-state index < -0.39 is 5.92 Å². The Bertz CT molecular complexity index is 630. The molecule has 0 spiro atoms. The summed E-state index contributed by atoms with van der Waals surface area (Å²) in [5, 5.41) is 4.12. The number of nitrogens with zero attached hydrogens (tertiary/aromatic N) is 2. The van der Waals surface area contributed by atoms with E-state index in [1.54, 1.807) is 10.9 Å². The van der Waals surface area contributed by atoms with Gasteiger partial charge >= 0.3 is 0 Å². The Balaban J connectivity index is 2.32. The quantitative estimate of drug-likeness (QED) is 0.744. The van der Waals surface area contributed by atoms with Gasteiger partial charge in [0.1, 0.15) is 0 Å². The summed E-state index contributed by atoms with van der Waals surface area (Å²) in [6.07, 6.45) is 2.00. The molecule has 0 unspecified atom stereocenters. The lowest BCUT2D eigenvalue weighted by molar-refractivity contribution is -0.0122. The highest BCUT2D eigenvalue weighted by Gasteiger charge is 2.39. The van der Waals surface area contributed by atoms with Crippen molar-refractivity contribution < 1.29 is 13.6 Å². The van der Waals surface area contributed by atoms with E-state index >= 15 is 0 Å². The first kappa shape index (κ1) is 11.5. The summed E-state index contributed by atoms with van der Waals surface area (Å²) in [6, 6.07) is 1.53. The zero-order valence-corrected chi connectivity index (χ0v) is 10.4. The summed E-state index contributed by atoms with van der Waals surface area (Å²) in [6.45, 7) is 2.03. The van der Waals surface area contributed by atoms with E-state index in [4.69, 9.17) is 0 Å². The van der Waals surface area contributed by atoms with Crippen LogP contribution in [0.3, 0.4) is 0 Å². The highest BCUT2D eigenvalue weighted by atomic mass is 32.1. The Kier molecular flexibility index (Phi) is 2.38. The number of aldehydes is 1. The summed E-state index contributed by atoms with van der Waals surface area (Å²) in [5.41, 5.74) is 2.00. The highest BCUT2D eigenvalue weighted by Crippen LogP contribution is 2.46. The van der Waals surface area contributed by atoms with Crippen molar-refractivity contribution in [1.29, 1.82) is 0 Å². The molecule has 6 heteroatoms. The van der Waals surface area contributed by atoms with Gasteiger partial charge in [-0.1, -0.05) is 0 Å². The lowest BCUT2D eigenvalue weighted by atomic mass is 10.1. The summed E-state index contributed by atoms with van der Waals surface area (Å²) in [7, 11) is 0. The number of halogens is 2. The fourth-order valence-electron chi connectivity index (χ4n) is 2.28. The molecule has 0 fully saturated rings. The maximum Gasteiger partial charge on any atom is 0.284 e. The molecule has 94 valence electrons. The number of hydrogen-bond acceptors (Lipinski definition) is 3. The second-order valence-electron chi connectivity index (χ2n) is 4.36. The van der Waals surface area contributed by atoms with Crippen LogP contribution >= 0.6 is 11.3 Å². The number of aryl methyl sites for hydroxylation is 2. The van der Waals surface area contributed by atoms with E-state index in [9.17, 15) is 13.6 Å². The van der Waals surface area contributed by atoms with Crippen molar-refractivity contribution in [3.63, 3.8) is 0 Å². The van der Waals surface area contributed by atoms with Crippen LogP contribution in [0.2, 0.25) is 0 Å². The first-order valence-corrected chi connectivity index (χ1v) is 6.34. The minimum Gasteiger partial charge on any atom is -0.297 e. The fraction of sp³-hybridized carbons (Fsp3) is 0.333. The molecule has 1 aliphatic heterocycles. The smallest absolute Gasteiger partial charge is 0.284 e. The number of rotatable bonds is 1. The molecule has 0 aromatic carbocycles. The lowest BCUT2D eigenvalue weighted by Crippen LogP contribution is -2.13. The van der Waals surface area contributed by atoms with Crippen molar-refractivity contribution in [3.05, 3.63) is 27.6 Å². The SMILES string of the molecule is Cc1cnn2c1-c1cc(C=O)sc1C(F)(F)CC2. The van der Waals surface area contributed by atoms with Gasteiger partial charge in [-0.2, -0.15) is 5.10 Å². The van der Waals surface area contributed by atoms with E-state index in [-0.39, 0.29) is 17.8 Å². The highest BCUT2D eigenvalue weighted by molar-refractivity contribution is 7.14. The van der Waals surface area contributed by atoms with Crippen molar-refractivity contribution in [2.75, 3.05) is 0 Å². The largest absolute Gasteiger partial charge is 0.297 e. The van der Waals surface area contributed by atoms with E-state index in [1.165, 1.54) is 6.07 Å². The normalized spacial score (nSPS) is 16.8. The maximum absolute atomic E-state index is 14.0. The molecule has 0 saturated heterocycles. The van der Waals surface area contributed by atoms with E-state index in [0.717, 1.165) is 16.9 Å². The third kappa shape index (κ3) is 1.52. The monoisotopic (exact) mass is 268 g/mol. The Morgan fingerprint density at radius 1 is 1.56 bits per heavy atom. The Morgan fingerprint density at radius 3 is 3.06 bits per heavy atom. The molecule has 0 bridgehead atoms. The van der Waals surface area contributed by atoms with E-state index in [0.29, 0.717) is 22.4 Å². The zero-order valence-electron chi connectivity index (χ0n) is 9.61. The molecule has 0 radical (unpaired) electrons. The third-order valence-corrected chi connectivity index (χ3v) is 4.29. The van der Waals surface area contributed by atoms with E-state index in [2.05, 4.69) is 5.10 Å². The van der Waals surface area contributed by atoms with Gasteiger partial charge in [-0.25, -0.2) is 8.78 Å². The fourth-order valence-corrected chi connectivity index (χ4v) is 3.25. The van der Waals surface area contributed by atoms with Gasteiger partial charge < -0.3 is 0 Å². The average Bonchev–Trinajstić information content (AvgIpc) is 2.87. The van der Waals surface area contributed by atoms with Gasteiger partial charge in [0.25, 0.3) is 5.92 Å². The molecule has 0 atom stereocenters. The number of hydrogen-bond donors (Lipinski definition) is 0. The van der Waals surface area contributed by atoms with Crippen LogP contribution in [0.4, 0.5) is 8.78 Å². The predicted molar refractivity (Wildman–Crippen MR) is 64.2 cm³/mol. The molecule has 3 nitrogen and oxygen atoms in total. The van der Waals surface area contributed by atoms with Crippen LogP contribution in [0.15, 0.2) is 12.3 Å². The number of alkyl halides is 2. The minimum atomic E-state index is -2.89. The van der Waals surface area contributed by atoms with Crippen LogP contribution in [0.25, 0.3) is 11.3 Å². The second-order valence-corrected chi connectivity index (χ2v) is 5.45. The molecule has 2 aromatic rings. The standard InChI is InChI=1S/C12H10F2N2OS/c1-7-5-15-16-3-2-12(13,14)11-9(10(7)16)4-8(6-17)18-11/h4-6H,2-3H2,1H3. The van der Waals surface area contributed by atoms with Gasteiger partial charge in [-0.3, -0.25) is 9.48 Å². The Morgan fingerprint density at radius 2 is 2.33 bits per heavy atom. The molecule has 18 heavy (non-hydrogen) atoms. The zero-order chi connectivity index (χ0) is 12.9. The summed E-state index contributed by atoms with van der Waals surface area (Å²) < 4.78 is 29.7. The van der Waals surface area contributed by atoms with Crippen molar-refractivity contribution in [2.24, 2.45) is 0 Å². The minimum absolute atomic E-state index is 0.0213. The topological polar surface area (TPSA) is 34.9 Å². The molecule has 0 amide bonds. The second kappa shape index (κ2) is 3.71. The Hall–Kier alpha value is -1.56. The molecule has 2 aromatic heterocycles. The average molecular weight is 268 g/mol. The molecule has 0 N–H and O–H groups in total. The molecule has 3 heterocycles. The van der Waals surface area contributed by atoms with Crippen LogP contribution in [-0.2, 0) is 12.5 Å². The van der Waals surface area contributed by atoms with Gasteiger partial charge in [0, 0.05) is 18.5 Å². The van der Waals surface area contributed by atoms with E-state index in [1.807, 2.05) is 6.92 Å². The number of thiophene rings is 1. The molecule has 1 aliphatic rings. The number of fused-ring (bicyclic) bond motifs is 3. The van der Waals surface area contributed by atoms with Gasteiger partial charge in [-0.05, 0) is 18.6 Å². The van der Waals surface area contributed by atoms with Crippen LogP contribution in [0.1, 0.15) is 26.5 Å². The third-order valence-electron chi connectivity index (χ3n) is 3.11. The van der Waals surface area contributed by atoms with Gasteiger partial charge in [0.05, 0.1) is 21.6 Å². The van der Waals surface area contributed by atoms with Gasteiger partial charge in [-0.15, -0.1) is 11.3 Å². The van der Waals surface area contributed by atoms with Crippen LogP contribution in [-0.4, -0.2) is 16.1 Å². The first-order valence-electron chi connectivity index (χ1n) is 5.53. The lowest BCUT2D eigenvalue weighted by Gasteiger charge is -2.12. The van der Waals surface area contributed by atoms with Crippen LogP contribution in [0, 0.1) is 6.92 Å². The number of carbonyl (C=O) groups excluding carboxylic acids is 1. The summed E-state index contributed by atoms with van der Waals surface area (Å²) >= 11 is 0.872. The predicted octanol–water partition coefficient (Wildman–Crippen LogP) is 3.23.